The second-order valence-corrected chi connectivity index (χ2v) is 3.92. The van der Waals surface area contributed by atoms with Crippen LogP contribution in [-0.2, 0) is 4.74 Å². The van der Waals surface area contributed by atoms with Crippen molar-refractivity contribution in [1.82, 2.24) is 4.90 Å². The molecule has 0 aromatic rings. The summed E-state index contributed by atoms with van der Waals surface area (Å²) in [6.45, 7) is 3.96. The van der Waals surface area contributed by atoms with Crippen molar-refractivity contribution < 1.29 is 4.74 Å². The minimum atomic E-state index is 0.0997. The van der Waals surface area contributed by atoms with E-state index in [1.807, 2.05) is 0 Å². The van der Waals surface area contributed by atoms with Crippen molar-refractivity contribution in [3.63, 3.8) is 0 Å². The average molecular weight is 196 g/mol. The summed E-state index contributed by atoms with van der Waals surface area (Å²) in [6.07, 6.45) is 4.44. The highest BCUT2D eigenvalue weighted by molar-refractivity contribution is 4.96. The summed E-state index contributed by atoms with van der Waals surface area (Å²) in [7, 11) is 1.73. The molecule has 14 heavy (non-hydrogen) atoms. The maximum Gasteiger partial charge on any atom is 0.0980 e. The number of rotatable bonds is 5. The Kier molecular flexibility index (Phi) is 4.92. The number of hydrogen-bond donors (Lipinski definition) is 0. The zero-order valence-corrected chi connectivity index (χ0v) is 9.20. The molecule has 1 rings (SSSR count). The summed E-state index contributed by atoms with van der Waals surface area (Å²) in [5.74, 6) is 0. The molecule has 0 amide bonds. The monoisotopic (exact) mass is 196 g/mol. The molecule has 1 heterocycles. The lowest BCUT2D eigenvalue weighted by molar-refractivity contribution is 0.100. The molecule has 0 aliphatic carbocycles. The summed E-state index contributed by atoms with van der Waals surface area (Å²) in [6, 6.07) is 2.97. The highest BCUT2D eigenvalue weighted by Gasteiger charge is 2.29. The van der Waals surface area contributed by atoms with Crippen LogP contribution in [0.25, 0.3) is 0 Å². The lowest BCUT2D eigenvalue weighted by Crippen LogP contribution is -2.40. The first-order chi connectivity index (χ1) is 6.83. The van der Waals surface area contributed by atoms with Crippen LogP contribution in [0.4, 0.5) is 0 Å². The molecule has 2 atom stereocenters. The van der Waals surface area contributed by atoms with E-state index < -0.39 is 0 Å². The zero-order chi connectivity index (χ0) is 10.4. The van der Waals surface area contributed by atoms with Gasteiger partial charge < -0.3 is 4.74 Å². The summed E-state index contributed by atoms with van der Waals surface area (Å²) < 4.78 is 5.18. The van der Waals surface area contributed by atoms with Gasteiger partial charge in [0.2, 0.25) is 0 Å². The van der Waals surface area contributed by atoms with Crippen LogP contribution < -0.4 is 0 Å². The molecular weight excluding hydrogens is 176 g/mol. The number of ether oxygens (including phenoxy) is 1. The van der Waals surface area contributed by atoms with Crippen LogP contribution in [0.2, 0.25) is 0 Å². The van der Waals surface area contributed by atoms with Crippen molar-refractivity contribution in [1.29, 1.82) is 5.26 Å². The summed E-state index contributed by atoms with van der Waals surface area (Å²) in [5, 5.41) is 9.07. The largest absolute Gasteiger partial charge is 0.383 e. The van der Waals surface area contributed by atoms with E-state index in [0.717, 1.165) is 26.0 Å². The van der Waals surface area contributed by atoms with Gasteiger partial charge in [-0.05, 0) is 25.8 Å². The van der Waals surface area contributed by atoms with Gasteiger partial charge in [0.05, 0.1) is 18.7 Å². The Morgan fingerprint density at radius 2 is 2.43 bits per heavy atom. The average Bonchev–Trinajstić information content (AvgIpc) is 2.63. The molecule has 0 N–H and O–H groups in total. The van der Waals surface area contributed by atoms with Crippen molar-refractivity contribution >= 4 is 0 Å². The van der Waals surface area contributed by atoms with Crippen LogP contribution in [0, 0.1) is 11.3 Å². The van der Waals surface area contributed by atoms with Gasteiger partial charge in [0, 0.05) is 13.2 Å². The predicted octanol–water partition coefficient (Wildman–Crippen LogP) is 1.79. The molecule has 1 aliphatic heterocycles. The Balaban J connectivity index is 2.51. The fourth-order valence-electron chi connectivity index (χ4n) is 2.22. The molecule has 0 saturated carbocycles. The molecule has 3 nitrogen and oxygen atoms in total. The van der Waals surface area contributed by atoms with Crippen molar-refractivity contribution in [2.24, 2.45) is 0 Å². The molecule has 80 valence electrons. The lowest BCUT2D eigenvalue weighted by Gasteiger charge is -2.27. The molecule has 1 saturated heterocycles. The van der Waals surface area contributed by atoms with Crippen LogP contribution in [0.1, 0.15) is 32.6 Å². The smallest absolute Gasteiger partial charge is 0.0980 e. The minimum absolute atomic E-state index is 0.0997. The Morgan fingerprint density at radius 1 is 1.64 bits per heavy atom. The topological polar surface area (TPSA) is 36.3 Å². The van der Waals surface area contributed by atoms with E-state index in [9.17, 15) is 0 Å². The Labute approximate surface area is 86.6 Å². The van der Waals surface area contributed by atoms with E-state index in [2.05, 4.69) is 17.9 Å². The molecule has 3 heteroatoms. The third kappa shape index (κ3) is 2.70. The van der Waals surface area contributed by atoms with Gasteiger partial charge in [-0.1, -0.05) is 13.3 Å². The van der Waals surface area contributed by atoms with Crippen LogP contribution >= 0.6 is 0 Å². The normalized spacial score (nSPS) is 24.8. The van der Waals surface area contributed by atoms with Gasteiger partial charge in [-0.2, -0.15) is 5.26 Å². The Morgan fingerprint density at radius 3 is 3.00 bits per heavy atom. The maximum atomic E-state index is 9.07. The first kappa shape index (κ1) is 11.5. The maximum absolute atomic E-state index is 9.07. The van der Waals surface area contributed by atoms with Crippen LogP contribution in [-0.4, -0.2) is 37.2 Å². The summed E-state index contributed by atoms with van der Waals surface area (Å²) >= 11 is 0. The number of nitrogens with zero attached hydrogens (tertiary/aromatic N) is 2. The second-order valence-electron chi connectivity index (χ2n) is 3.92. The molecule has 0 aromatic heterocycles. The molecule has 0 unspecified atom stereocenters. The van der Waals surface area contributed by atoms with Gasteiger partial charge >= 0.3 is 0 Å². The first-order valence-electron chi connectivity index (χ1n) is 5.47. The predicted molar refractivity (Wildman–Crippen MR) is 55.9 cm³/mol. The highest BCUT2D eigenvalue weighted by atomic mass is 16.5. The lowest BCUT2D eigenvalue weighted by atomic mass is 10.1. The Bertz CT molecular complexity index is 200. The van der Waals surface area contributed by atoms with Gasteiger partial charge in [0.15, 0.2) is 0 Å². The van der Waals surface area contributed by atoms with E-state index in [-0.39, 0.29) is 6.04 Å². The molecule has 0 aromatic carbocycles. The Hall–Kier alpha value is -0.590. The van der Waals surface area contributed by atoms with E-state index >= 15 is 0 Å². The standard InChI is InChI=1S/C11H20N2O/c1-3-5-10(8-12)13-7-4-6-11(13)9-14-2/h10-11H,3-7,9H2,1-2H3/t10-,11-/m0/s1. The van der Waals surface area contributed by atoms with E-state index in [4.69, 9.17) is 10.00 Å². The molecule has 0 spiro atoms. The van der Waals surface area contributed by atoms with E-state index in [1.54, 1.807) is 7.11 Å². The fraction of sp³-hybridized carbons (Fsp3) is 0.909. The van der Waals surface area contributed by atoms with Gasteiger partial charge in [-0.15, -0.1) is 0 Å². The summed E-state index contributed by atoms with van der Waals surface area (Å²) in [4.78, 5) is 2.31. The van der Waals surface area contributed by atoms with Gasteiger partial charge in [0.25, 0.3) is 0 Å². The SMILES string of the molecule is CCC[C@@H](C#N)N1CCC[C@H]1COC. The third-order valence-electron chi connectivity index (χ3n) is 2.89. The fourth-order valence-corrected chi connectivity index (χ4v) is 2.22. The van der Waals surface area contributed by atoms with E-state index in [1.165, 1.54) is 12.8 Å². The molecular formula is C11H20N2O. The number of methoxy groups -OCH3 is 1. The molecule has 0 radical (unpaired) electrons. The third-order valence-corrected chi connectivity index (χ3v) is 2.89. The first-order valence-corrected chi connectivity index (χ1v) is 5.47. The van der Waals surface area contributed by atoms with Crippen molar-refractivity contribution in [2.75, 3.05) is 20.3 Å². The van der Waals surface area contributed by atoms with E-state index in [0.29, 0.717) is 6.04 Å². The number of likely N-dealkylation sites (tertiary alicyclic amines) is 1. The quantitative estimate of drug-likeness (QED) is 0.672. The van der Waals surface area contributed by atoms with Crippen LogP contribution in [0.15, 0.2) is 0 Å². The van der Waals surface area contributed by atoms with Crippen molar-refractivity contribution in [2.45, 2.75) is 44.7 Å². The number of hydrogen-bond acceptors (Lipinski definition) is 3. The van der Waals surface area contributed by atoms with Crippen LogP contribution in [0.3, 0.4) is 0 Å². The van der Waals surface area contributed by atoms with Gasteiger partial charge in [0.1, 0.15) is 0 Å². The summed E-state index contributed by atoms with van der Waals surface area (Å²) in [5.41, 5.74) is 0. The molecule has 1 aliphatic rings. The number of nitriles is 1. The van der Waals surface area contributed by atoms with Crippen LogP contribution in [0.5, 0.6) is 0 Å². The van der Waals surface area contributed by atoms with Gasteiger partial charge in [-0.3, -0.25) is 4.90 Å². The van der Waals surface area contributed by atoms with Crippen molar-refractivity contribution in [3.8, 4) is 6.07 Å². The van der Waals surface area contributed by atoms with Crippen molar-refractivity contribution in [3.05, 3.63) is 0 Å². The van der Waals surface area contributed by atoms with Gasteiger partial charge in [-0.25, -0.2) is 0 Å². The molecule has 0 bridgehead atoms. The second kappa shape index (κ2) is 6.00. The zero-order valence-electron chi connectivity index (χ0n) is 9.20. The highest BCUT2D eigenvalue weighted by Crippen LogP contribution is 2.22. The minimum Gasteiger partial charge on any atom is -0.383 e. The molecule has 1 fully saturated rings.